The molecule has 0 spiro atoms. The topological polar surface area (TPSA) is 50.2 Å². The van der Waals surface area contributed by atoms with Gasteiger partial charge in [0, 0.05) is 11.6 Å². The van der Waals surface area contributed by atoms with E-state index in [1.54, 1.807) is 6.20 Å². The quantitative estimate of drug-likeness (QED) is 0.891. The Hall–Kier alpha value is -1.90. The Morgan fingerprint density at radius 3 is 2.79 bits per heavy atom. The first-order valence-corrected chi connectivity index (χ1v) is 6.62. The molecular formula is C16H19NO2. The van der Waals surface area contributed by atoms with Crippen molar-refractivity contribution in [1.82, 2.24) is 4.98 Å². The highest BCUT2D eigenvalue weighted by molar-refractivity contribution is 5.79. The Bertz CT molecular complexity index is 578. The van der Waals surface area contributed by atoms with Crippen molar-refractivity contribution in [3.8, 4) is 0 Å². The van der Waals surface area contributed by atoms with Gasteiger partial charge in [-0.2, -0.15) is 0 Å². The zero-order valence-corrected chi connectivity index (χ0v) is 11.3. The van der Waals surface area contributed by atoms with Crippen LogP contribution in [0.4, 0.5) is 0 Å². The highest BCUT2D eigenvalue weighted by Gasteiger charge is 2.19. The molecule has 0 fully saturated rings. The maximum absolute atomic E-state index is 11.3. The molecule has 2 rings (SSSR count). The minimum absolute atomic E-state index is 0.311. The fourth-order valence-electron chi connectivity index (χ4n) is 2.38. The van der Waals surface area contributed by atoms with Crippen molar-refractivity contribution in [3.63, 3.8) is 0 Å². The molecule has 0 saturated carbocycles. The van der Waals surface area contributed by atoms with Crippen LogP contribution < -0.4 is 0 Å². The van der Waals surface area contributed by atoms with Gasteiger partial charge in [0.15, 0.2) is 0 Å². The van der Waals surface area contributed by atoms with Crippen LogP contribution >= 0.6 is 0 Å². The zero-order chi connectivity index (χ0) is 13.8. The number of benzene rings is 1. The highest BCUT2D eigenvalue weighted by Crippen LogP contribution is 2.20. The van der Waals surface area contributed by atoms with E-state index in [9.17, 15) is 9.90 Å². The number of pyridine rings is 1. The number of carboxylic acid groups (broad SMARTS) is 1. The third-order valence-electron chi connectivity index (χ3n) is 3.25. The van der Waals surface area contributed by atoms with Crippen LogP contribution in [-0.4, -0.2) is 16.1 Å². The minimum Gasteiger partial charge on any atom is -0.481 e. The van der Waals surface area contributed by atoms with Crippen LogP contribution in [0, 0.1) is 11.8 Å². The zero-order valence-electron chi connectivity index (χ0n) is 11.3. The highest BCUT2D eigenvalue weighted by atomic mass is 16.4. The van der Waals surface area contributed by atoms with Gasteiger partial charge in [0.1, 0.15) is 0 Å². The summed E-state index contributed by atoms with van der Waals surface area (Å²) in [6, 6.07) is 9.88. The largest absolute Gasteiger partial charge is 0.481 e. The third-order valence-corrected chi connectivity index (χ3v) is 3.25. The second kappa shape index (κ2) is 5.83. The van der Waals surface area contributed by atoms with Gasteiger partial charge < -0.3 is 5.11 Å². The van der Waals surface area contributed by atoms with Crippen molar-refractivity contribution in [2.75, 3.05) is 0 Å². The van der Waals surface area contributed by atoms with Crippen molar-refractivity contribution < 1.29 is 9.90 Å². The molecule has 1 aromatic carbocycles. The van der Waals surface area contributed by atoms with E-state index in [0.717, 1.165) is 16.5 Å². The lowest BCUT2D eigenvalue weighted by Gasteiger charge is -2.14. The first-order valence-electron chi connectivity index (χ1n) is 6.62. The Morgan fingerprint density at radius 1 is 1.32 bits per heavy atom. The van der Waals surface area contributed by atoms with Gasteiger partial charge in [-0.25, -0.2) is 0 Å². The molecule has 1 unspecified atom stereocenters. The van der Waals surface area contributed by atoms with E-state index >= 15 is 0 Å². The van der Waals surface area contributed by atoms with E-state index in [1.807, 2.05) is 30.3 Å². The van der Waals surface area contributed by atoms with Crippen molar-refractivity contribution in [1.29, 1.82) is 0 Å². The number of hydrogen-bond donors (Lipinski definition) is 1. The summed E-state index contributed by atoms with van der Waals surface area (Å²) in [5.41, 5.74) is 2.01. The van der Waals surface area contributed by atoms with Gasteiger partial charge in [-0.15, -0.1) is 0 Å². The Labute approximate surface area is 113 Å². The van der Waals surface area contributed by atoms with Gasteiger partial charge in [0.2, 0.25) is 0 Å². The second-order valence-corrected chi connectivity index (χ2v) is 5.40. The van der Waals surface area contributed by atoms with Crippen LogP contribution in [0.2, 0.25) is 0 Å². The first kappa shape index (κ1) is 13.5. The van der Waals surface area contributed by atoms with E-state index in [1.165, 1.54) is 0 Å². The molecule has 0 aliphatic rings. The monoisotopic (exact) mass is 257 g/mol. The molecule has 1 N–H and O–H groups in total. The average Bonchev–Trinajstić information content (AvgIpc) is 2.37. The molecule has 0 radical (unpaired) electrons. The number of nitrogens with zero attached hydrogens (tertiary/aromatic N) is 1. The van der Waals surface area contributed by atoms with E-state index in [4.69, 9.17) is 0 Å². The number of carboxylic acids is 1. The number of aromatic nitrogens is 1. The fraction of sp³-hybridized carbons (Fsp3) is 0.375. The Morgan fingerprint density at radius 2 is 2.11 bits per heavy atom. The van der Waals surface area contributed by atoms with Gasteiger partial charge in [-0.3, -0.25) is 9.78 Å². The van der Waals surface area contributed by atoms with Crippen molar-refractivity contribution in [3.05, 3.63) is 42.1 Å². The SMILES string of the molecule is CC(C)CC(Cc1ccc2ncccc2c1)C(=O)O. The minimum atomic E-state index is -0.708. The smallest absolute Gasteiger partial charge is 0.306 e. The average molecular weight is 257 g/mol. The summed E-state index contributed by atoms with van der Waals surface area (Å²) in [5.74, 6) is -0.627. The lowest BCUT2D eigenvalue weighted by molar-refractivity contribution is -0.142. The molecule has 3 heteroatoms. The van der Waals surface area contributed by atoms with E-state index in [0.29, 0.717) is 18.8 Å². The lowest BCUT2D eigenvalue weighted by atomic mass is 9.90. The maximum atomic E-state index is 11.3. The summed E-state index contributed by atoms with van der Waals surface area (Å²) >= 11 is 0. The second-order valence-electron chi connectivity index (χ2n) is 5.40. The number of aliphatic carboxylic acids is 1. The van der Waals surface area contributed by atoms with Gasteiger partial charge in [-0.05, 0) is 42.5 Å². The molecule has 100 valence electrons. The maximum Gasteiger partial charge on any atom is 0.306 e. The predicted molar refractivity (Wildman–Crippen MR) is 76.0 cm³/mol. The van der Waals surface area contributed by atoms with Crippen molar-refractivity contribution in [2.24, 2.45) is 11.8 Å². The van der Waals surface area contributed by atoms with Crippen LogP contribution in [0.1, 0.15) is 25.8 Å². The molecule has 19 heavy (non-hydrogen) atoms. The molecule has 0 saturated heterocycles. The Balaban J connectivity index is 2.21. The summed E-state index contributed by atoms with van der Waals surface area (Å²) in [4.78, 5) is 15.6. The summed E-state index contributed by atoms with van der Waals surface area (Å²) in [5, 5.41) is 10.3. The number of hydrogen-bond acceptors (Lipinski definition) is 2. The summed E-state index contributed by atoms with van der Waals surface area (Å²) in [7, 11) is 0. The number of fused-ring (bicyclic) bond motifs is 1. The molecule has 2 aromatic rings. The van der Waals surface area contributed by atoms with Gasteiger partial charge in [0.05, 0.1) is 11.4 Å². The summed E-state index contributed by atoms with van der Waals surface area (Å²) in [6.45, 7) is 4.11. The van der Waals surface area contributed by atoms with Gasteiger partial charge in [0.25, 0.3) is 0 Å². The van der Waals surface area contributed by atoms with Crippen molar-refractivity contribution in [2.45, 2.75) is 26.7 Å². The summed E-state index contributed by atoms with van der Waals surface area (Å²) in [6.07, 6.45) is 3.06. The number of rotatable bonds is 5. The van der Waals surface area contributed by atoms with Crippen molar-refractivity contribution >= 4 is 16.9 Å². The molecule has 0 bridgehead atoms. The summed E-state index contributed by atoms with van der Waals surface area (Å²) < 4.78 is 0. The van der Waals surface area contributed by atoms with Crippen LogP contribution in [-0.2, 0) is 11.2 Å². The van der Waals surface area contributed by atoms with Crippen LogP contribution in [0.25, 0.3) is 10.9 Å². The molecule has 0 aliphatic heterocycles. The molecule has 1 atom stereocenters. The molecule has 3 nitrogen and oxygen atoms in total. The first-order chi connectivity index (χ1) is 9.06. The van der Waals surface area contributed by atoms with Gasteiger partial charge >= 0.3 is 5.97 Å². The van der Waals surface area contributed by atoms with Crippen LogP contribution in [0.5, 0.6) is 0 Å². The Kier molecular flexibility index (Phi) is 4.15. The molecule has 1 aromatic heterocycles. The predicted octanol–water partition coefficient (Wildman–Crippen LogP) is 3.52. The van der Waals surface area contributed by atoms with Gasteiger partial charge in [-0.1, -0.05) is 26.0 Å². The lowest BCUT2D eigenvalue weighted by Crippen LogP contribution is -2.18. The fourth-order valence-corrected chi connectivity index (χ4v) is 2.38. The molecule has 0 amide bonds. The van der Waals surface area contributed by atoms with E-state index < -0.39 is 5.97 Å². The molecule has 0 aliphatic carbocycles. The third kappa shape index (κ3) is 3.53. The molecular weight excluding hydrogens is 238 g/mol. The molecule has 1 heterocycles. The normalized spacial score (nSPS) is 12.8. The van der Waals surface area contributed by atoms with E-state index in [-0.39, 0.29) is 5.92 Å². The van der Waals surface area contributed by atoms with Crippen LogP contribution in [0.15, 0.2) is 36.5 Å². The standard InChI is InChI=1S/C16H19NO2/c1-11(2)8-14(16(18)19)10-12-5-6-15-13(9-12)4-3-7-17-15/h3-7,9,11,14H,8,10H2,1-2H3,(H,18,19). The van der Waals surface area contributed by atoms with E-state index in [2.05, 4.69) is 18.8 Å². The number of carbonyl (C=O) groups is 1. The van der Waals surface area contributed by atoms with Crippen LogP contribution in [0.3, 0.4) is 0 Å².